The second-order valence-corrected chi connectivity index (χ2v) is 8.91. The van der Waals surface area contributed by atoms with E-state index in [0.29, 0.717) is 25.1 Å². The zero-order chi connectivity index (χ0) is 21.6. The van der Waals surface area contributed by atoms with Gasteiger partial charge in [-0.15, -0.1) is 5.10 Å². The molecule has 3 aliphatic rings. The molecule has 4 atom stereocenters. The van der Waals surface area contributed by atoms with E-state index in [-0.39, 0.29) is 11.8 Å². The number of nitrogens with one attached hydrogen (secondary N) is 1. The molecule has 2 aromatic rings. The summed E-state index contributed by atoms with van der Waals surface area (Å²) in [5.74, 6) is 0.729. The monoisotopic (exact) mass is 426 g/mol. The quantitative estimate of drug-likeness (QED) is 0.579. The zero-order valence-corrected chi connectivity index (χ0v) is 18.6. The van der Waals surface area contributed by atoms with Gasteiger partial charge in [0.25, 0.3) is 0 Å². The lowest BCUT2D eigenvalue weighted by Gasteiger charge is -2.49. The van der Waals surface area contributed by atoms with Gasteiger partial charge >= 0.3 is 0 Å². The molecule has 31 heavy (non-hydrogen) atoms. The Kier molecular flexibility index (Phi) is 7.32. The van der Waals surface area contributed by atoms with Gasteiger partial charge in [0.05, 0.1) is 24.8 Å². The van der Waals surface area contributed by atoms with Crippen LogP contribution in [0.2, 0.25) is 0 Å². The van der Waals surface area contributed by atoms with Crippen LogP contribution in [0.3, 0.4) is 0 Å². The first-order chi connectivity index (χ1) is 15.1. The van der Waals surface area contributed by atoms with Gasteiger partial charge in [0.2, 0.25) is 5.91 Å². The highest BCUT2D eigenvalue weighted by molar-refractivity contribution is 5.79. The number of piperidine rings is 3. The van der Waals surface area contributed by atoms with Crippen LogP contribution in [0.25, 0.3) is 0 Å². The van der Waals surface area contributed by atoms with Crippen molar-refractivity contribution in [2.45, 2.75) is 38.5 Å². The van der Waals surface area contributed by atoms with E-state index in [9.17, 15) is 4.79 Å². The number of carbonyl (C=O) groups is 1. The van der Waals surface area contributed by atoms with Crippen molar-refractivity contribution >= 4 is 5.91 Å². The lowest BCUT2D eigenvalue weighted by molar-refractivity contribution is -0.133. The maximum absolute atomic E-state index is 12.5. The van der Waals surface area contributed by atoms with Crippen LogP contribution in [0.5, 0.6) is 0 Å². The van der Waals surface area contributed by atoms with E-state index in [4.69, 9.17) is 4.74 Å². The average Bonchev–Trinajstić information content (AvgIpc) is 3.21. The molecule has 0 saturated carbocycles. The van der Waals surface area contributed by atoms with Gasteiger partial charge in [0.1, 0.15) is 0 Å². The van der Waals surface area contributed by atoms with Crippen LogP contribution in [0.15, 0.2) is 36.5 Å². The van der Waals surface area contributed by atoms with Gasteiger partial charge in [0.15, 0.2) is 0 Å². The Morgan fingerprint density at radius 1 is 1.29 bits per heavy atom. The molecule has 3 fully saturated rings. The molecular formula is C23H34N6O2. The van der Waals surface area contributed by atoms with E-state index in [0.717, 1.165) is 51.3 Å². The molecule has 168 valence electrons. The fourth-order valence-corrected chi connectivity index (χ4v) is 4.98. The molecule has 1 N–H and O–H groups in total. The third-order valence-corrected chi connectivity index (χ3v) is 6.53. The van der Waals surface area contributed by atoms with Gasteiger partial charge in [-0.05, 0) is 37.9 Å². The highest BCUT2D eigenvalue weighted by Crippen LogP contribution is 2.36. The number of hydrogen-bond donors (Lipinski definition) is 1. The molecule has 3 saturated heterocycles. The number of carbonyl (C=O) groups excluding carboxylic acids is 1. The summed E-state index contributed by atoms with van der Waals surface area (Å²) in [6, 6.07) is 10.9. The number of hydrogen-bond acceptors (Lipinski definition) is 6. The Bertz CT molecular complexity index is 842. The number of benzene rings is 1. The molecule has 0 aliphatic carbocycles. The van der Waals surface area contributed by atoms with Gasteiger partial charge in [-0.2, -0.15) is 0 Å². The van der Waals surface area contributed by atoms with Crippen LogP contribution in [-0.4, -0.2) is 77.1 Å². The van der Waals surface area contributed by atoms with Crippen molar-refractivity contribution in [3.05, 3.63) is 47.8 Å². The van der Waals surface area contributed by atoms with E-state index in [1.54, 1.807) is 7.11 Å². The fourth-order valence-electron chi connectivity index (χ4n) is 4.98. The van der Waals surface area contributed by atoms with Crippen LogP contribution >= 0.6 is 0 Å². The maximum Gasteiger partial charge on any atom is 0.224 e. The van der Waals surface area contributed by atoms with Crippen molar-refractivity contribution in [1.29, 1.82) is 0 Å². The molecule has 0 spiro atoms. The van der Waals surface area contributed by atoms with Crippen LogP contribution in [0, 0.1) is 11.8 Å². The molecule has 0 radical (unpaired) electrons. The van der Waals surface area contributed by atoms with E-state index in [2.05, 4.69) is 62.9 Å². The summed E-state index contributed by atoms with van der Waals surface area (Å²) in [6.45, 7) is 5.56. The predicted octanol–water partition coefficient (Wildman–Crippen LogP) is 1.38. The minimum Gasteiger partial charge on any atom is -0.383 e. The molecule has 3 aliphatic heterocycles. The lowest BCUT2D eigenvalue weighted by atomic mass is 9.75. The van der Waals surface area contributed by atoms with Gasteiger partial charge < -0.3 is 10.1 Å². The van der Waals surface area contributed by atoms with Crippen LogP contribution in [0.4, 0.5) is 0 Å². The minimum absolute atomic E-state index is 0.0970. The molecule has 1 amide bonds. The third kappa shape index (κ3) is 5.70. The van der Waals surface area contributed by atoms with Crippen molar-refractivity contribution in [2.75, 3.05) is 40.4 Å². The van der Waals surface area contributed by atoms with Crippen LogP contribution in [-0.2, 0) is 29.2 Å². The summed E-state index contributed by atoms with van der Waals surface area (Å²) in [5.41, 5.74) is 2.29. The molecular weight excluding hydrogens is 392 g/mol. The van der Waals surface area contributed by atoms with E-state index < -0.39 is 0 Å². The second kappa shape index (κ2) is 10.3. The molecule has 5 rings (SSSR count). The largest absolute Gasteiger partial charge is 0.383 e. The minimum atomic E-state index is 0.0970. The number of methoxy groups -OCH3 is 1. The standard InChI is InChI=1S/C23H34N6O2/c1-27(13-18-6-4-3-5-7-18)14-20-15-29(26-25-20)16-21-12-19-8-10-28(21)17-22(19)23(30)24-9-11-31-2/h3-7,15,19,21-22H,8-14,16-17H2,1-2H3,(H,24,30)/t19-,21+,22-/m0/s1. The third-order valence-electron chi connectivity index (χ3n) is 6.53. The summed E-state index contributed by atoms with van der Waals surface area (Å²) in [5, 5.41) is 11.8. The van der Waals surface area contributed by atoms with Crippen LogP contribution in [0.1, 0.15) is 24.1 Å². The first-order valence-electron chi connectivity index (χ1n) is 11.2. The number of rotatable bonds is 10. The Labute approximate surface area is 184 Å². The highest BCUT2D eigenvalue weighted by atomic mass is 16.5. The Morgan fingerprint density at radius 3 is 2.87 bits per heavy atom. The lowest BCUT2D eigenvalue weighted by Crippen LogP contribution is -2.58. The molecule has 1 aromatic heterocycles. The van der Waals surface area contributed by atoms with E-state index >= 15 is 0 Å². The van der Waals surface area contributed by atoms with Crippen molar-refractivity contribution in [3.63, 3.8) is 0 Å². The predicted molar refractivity (Wildman–Crippen MR) is 118 cm³/mol. The van der Waals surface area contributed by atoms with Crippen molar-refractivity contribution in [3.8, 4) is 0 Å². The molecule has 2 bridgehead atoms. The maximum atomic E-state index is 12.5. The van der Waals surface area contributed by atoms with Gasteiger partial charge in [-0.1, -0.05) is 35.5 Å². The fraction of sp³-hybridized carbons (Fsp3) is 0.609. The zero-order valence-electron chi connectivity index (χ0n) is 18.6. The van der Waals surface area contributed by atoms with Gasteiger partial charge in [0, 0.05) is 45.5 Å². The first-order valence-corrected chi connectivity index (χ1v) is 11.2. The molecule has 8 heteroatoms. The summed E-state index contributed by atoms with van der Waals surface area (Å²) in [6.07, 6.45) is 4.22. The van der Waals surface area contributed by atoms with Crippen molar-refractivity contribution < 1.29 is 9.53 Å². The smallest absolute Gasteiger partial charge is 0.224 e. The molecule has 4 heterocycles. The van der Waals surface area contributed by atoms with E-state index in [1.807, 2.05) is 10.7 Å². The van der Waals surface area contributed by atoms with Gasteiger partial charge in [-0.3, -0.25) is 19.3 Å². The average molecular weight is 427 g/mol. The normalized spacial score (nSPS) is 25.1. The number of fused-ring (bicyclic) bond motifs is 3. The summed E-state index contributed by atoms with van der Waals surface area (Å²) in [7, 11) is 3.76. The second-order valence-electron chi connectivity index (χ2n) is 8.91. The number of aromatic nitrogens is 3. The Morgan fingerprint density at radius 2 is 2.13 bits per heavy atom. The Hall–Kier alpha value is -2.29. The first kappa shape index (κ1) is 21.9. The molecule has 1 aromatic carbocycles. The summed E-state index contributed by atoms with van der Waals surface area (Å²) < 4.78 is 7.01. The molecule has 1 unspecified atom stereocenters. The summed E-state index contributed by atoms with van der Waals surface area (Å²) in [4.78, 5) is 17.3. The number of amides is 1. The van der Waals surface area contributed by atoms with Gasteiger partial charge in [-0.25, -0.2) is 0 Å². The van der Waals surface area contributed by atoms with Crippen molar-refractivity contribution in [1.82, 2.24) is 30.1 Å². The van der Waals surface area contributed by atoms with Crippen molar-refractivity contribution in [2.24, 2.45) is 11.8 Å². The summed E-state index contributed by atoms with van der Waals surface area (Å²) >= 11 is 0. The van der Waals surface area contributed by atoms with Crippen LogP contribution < -0.4 is 5.32 Å². The topological polar surface area (TPSA) is 75.5 Å². The SMILES string of the molecule is COCCNC(=O)[C@H]1CN2CC[C@H]1C[C@@H]2Cn1cc(CN(C)Cc2ccccc2)nn1. The number of nitrogens with zero attached hydrogens (tertiary/aromatic N) is 5. The highest BCUT2D eigenvalue weighted by Gasteiger charge is 2.43. The molecule has 8 nitrogen and oxygen atoms in total. The van der Waals surface area contributed by atoms with E-state index in [1.165, 1.54) is 5.56 Å². The number of ether oxygens (including phenoxy) is 1. The Balaban J connectivity index is 1.27.